The Morgan fingerprint density at radius 3 is 2.48 bits per heavy atom. The van der Waals surface area contributed by atoms with Crippen LogP contribution in [0, 0.1) is 0 Å². The lowest BCUT2D eigenvalue weighted by molar-refractivity contribution is 0.0786. The van der Waals surface area contributed by atoms with Crippen LogP contribution in [0.2, 0.25) is 0 Å². The molecule has 1 N–H and O–H groups in total. The van der Waals surface area contributed by atoms with Gasteiger partial charge in [-0.2, -0.15) is 5.10 Å². The van der Waals surface area contributed by atoms with Gasteiger partial charge in [0, 0.05) is 25.4 Å². The fraction of sp³-hybridized carbons (Fsp3) is 0.158. The molecule has 0 unspecified atom stereocenters. The van der Waals surface area contributed by atoms with Crippen molar-refractivity contribution in [3.05, 3.63) is 78.1 Å². The van der Waals surface area contributed by atoms with Gasteiger partial charge in [-0.1, -0.05) is 30.3 Å². The molecular weight excluding hydrogens is 364 g/mol. The zero-order valence-corrected chi connectivity index (χ0v) is 15.8. The van der Waals surface area contributed by atoms with Crippen LogP contribution in [-0.4, -0.2) is 42.3 Å². The summed E-state index contributed by atoms with van der Waals surface area (Å²) in [5.41, 5.74) is 2.35. The number of aromatic nitrogens is 2. The third-order valence-corrected chi connectivity index (χ3v) is 4.47. The monoisotopic (exact) mass is 384 g/mol. The Hall–Kier alpha value is -3.13. The Morgan fingerprint density at radius 2 is 1.78 bits per heavy atom. The number of carbonyl (C=O) groups is 1. The molecule has 0 bridgehead atoms. The summed E-state index contributed by atoms with van der Waals surface area (Å²) in [4.78, 5) is 14.3. The van der Waals surface area contributed by atoms with Gasteiger partial charge in [0.05, 0.1) is 29.4 Å². The van der Waals surface area contributed by atoms with E-state index in [2.05, 4.69) is 9.82 Å². The highest BCUT2D eigenvalue weighted by molar-refractivity contribution is 7.92. The van der Waals surface area contributed by atoms with E-state index in [1.54, 1.807) is 42.2 Å². The number of nitrogens with one attached hydrogen (secondary N) is 1. The highest BCUT2D eigenvalue weighted by atomic mass is 32.2. The van der Waals surface area contributed by atoms with Crippen molar-refractivity contribution >= 4 is 21.6 Å². The van der Waals surface area contributed by atoms with Crippen molar-refractivity contribution in [2.45, 2.75) is 6.54 Å². The van der Waals surface area contributed by atoms with Crippen molar-refractivity contribution in [3.63, 3.8) is 0 Å². The highest BCUT2D eigenvalue weighted by Crippen LogP contribution is 2.19. The molecule has 0 fully saturated rings. The molecule has 3 aromatic rings. The maximum absolute atomic E-state index is 12.8. The second-order valence-electron chi connectivity index (χ2n) is 6.21. The van der Waals surface area contributed by atoms with Crippen LogP contribution < -0.4 is 4.72 Å². The minimum Gasteiger partial charge on any atom is -0.337 e. The van der Waals surface area contributed by atoms with Crippen LogP contribution in [0.3, 0.4) is 0 Å². The van der Waals surface area contributed by atoms with E-state index in [1.165, 1.54) is 4.90 Å². The quantitative estimate of drug-likeness (QED) is 0.708. The van der Waals surface area contributed by atoms with Gasteiger partial charge in [-0.15, -0.1) is 0 Å². The Labute approximate surface area is 158 Å². The standard InChI is InChI=1S/C19H20N4O3S/c1-22(13-15-12-20-23(14-15)16-8-4-3-5-9-16)19(24)17-10-6-7-11-18(17)21-27(2,25)26/h3-12,14,21H,13H2,1-2H3. The van der Waals surface area contributed by atoms with Crippen molar-refractivity contribution < 1.29 is 13.2 Å². The molecule has 0 radical (unpaired) electrons. The molecular formula is C19H20N4O3S. The SMILES string of the molecule is CN(Cc1cnn(-c2ccccc2)c1)C(=O)c1ccccc1NS(C)(=O)=O. The minimum atomic E-state index is -3.48. The van der Waals surface area contributed by atoms with E-state index in [4.69, 9.17) is 0 Å². The zero-order chi connectivity index (χ0) is 19.4. The number of amides is 1. The molecule has 2 aromatic carbocycles. The predicted molar refractivity (Wildman–Crippen MR) is 104 cm³/mol. The number of para-hydroxylation sites is 2. The first-order chi connectivity index (χ1) is 12.8. The van der Waals surface area contributed by atoms with E-state index < -0.39 is 10.0 Å². The first kappa shape index (κ1) is 18.7. The summed E-state index contributed by atoms with van der Waals surface area (Å²) in [6, 6.07) is 16.2. The molecule has 8 heteroatoms. The van der Waals surface area contributed by atoms with Crippen molar-refractivity contribution in [3.8, 4) is 5.69 Å². The minimum absolute atomic E-state index is 0.261. The van der Waals surface area contributed by atoms with Crippen molar-refractivity contribution in [2.24, 2.45) is 0 Å². The van der Waals surface area contributed by atoms with Crippen LogP contribution >= 0.6 is 0 Å². The normalized spacial score (nSPS) is 11.2. The van der Waals surface area contributed by atoms with E-state index in [1.807, 2.05) is 36.5 Å². The number of hydrogen-bond acceptors (Lipinski definition) is 4. The molecule has 0 aliphatic carbocycles. The van der Waals surface area contributed by atoms with E-state index in [0.717, 1.165) is 17.5 Å². The van der Waals surface area contributed by atoms with E-state index >= 15 is 0 Å². The first-order valence-electron chi connectivity index (χ1n) is 8.25. The molecule has 3 rings (SSSR count). The van der Waals surface area contributed by atoms with Crippen LogP contribution in [0.4, 0.5) is 5.69 Å². The van der Waals surface area contributed by atoms with Gasteiger partial charge in [0.2, 0.25) is 10.0 Å². The van der Waals surface area contributed by atoms with Gasteiger partial charge in [0.25, 0.3) is 5.91 Å². The smallest absolute Gasteiger partial charge is 0.256 e. The summed E-state index contributed by atoms with van der Waals surface area (Å²) in [6.45, 7) is 0.346. The Balaban J connectivity index is 1.77. The number of anilines is 1. The molecule has 0 atom stereocenters. The summed E-state index contributed by atoms with van der Waals surface area (Å²) in [6.07, 6.45) is 4.62. The molecule has 0 aliphatic rings. The molecule has 0 spiro atoms. The Kier molecular flexibility index (Phi) is 5.27. The van der Waals surface area contributed by atoms with Gasteiger partial charge < -0.3 is 4.90 Å². The number of benzene rings is 2. The summed E-state index contributed by atoms with van der Waals surface area (Å²) < 4.78 is 27.2. The molecule has 1 heterocycles. The molecule has 7 nitrogen and oxygen atoms in total. The fourth-order valence-electron chi connectivity index (χ4n) is 2.67. The topological polar surface area (TPSA) is 84.3 Å². The zero-order valence-electron chi connectivity index (χ0n) is 15.0. The van der Waals surface area contributed by atoms with Crippen LogP contribution in [0.15, 0.2) is 67.0 Å². The molecule has 1 aromatic heterocycles. The lowest BCUT2D eigenvalue weighted by Gasteiger charge is -2.18. The van der Waals surface area contributed by atoms with E-state index in [9.17, 15) is 13.2 Å². The Morgan fingerprint density at radius 1 is 1.11 bits per heavy atom. The van der Waals surface area contributed by atoms with Crippen LogP contribution in [0.1, 0.15) is 15.9 Å². The maximum atomic E-state index is 12.8. The van der Waals surface area contributed by atoms with Crippen LogP contribution in [0.25, 0.3) is 5.69 Å². The maximum Gasteiger partial charge on any atom is 0.256 e. The Bertz CT molecular complexity index is 1050. The molecule has 1 amide bonds. The van der Waals surface area contributed by atoms with Gasteiger partial charge in [-0.05, 0) is 24.3 Å². The number of nitrogens with zero attached hydrogens (tertiary/aromatic N) is 3. The summed E-state index contributed by atoms with van der Waals surface area (Å²) >= 11 is 0. The molecule has 140 valence electrons. The number of rotatable bonds is 6. The van der Waals surface area contributed by atoms with Gasteiger partial charge in [-0.3, -0.25) is 9.52 Å². The van der Waals surface area contributed by atoms with Crippen molar-refractivity contribution in [2.75, 3.05) is 18.0 Å². The van der Waals surface area contributed by atoms with Gasteiger partial charge in [0.1, 0.15) is 0 Å². The second kappa shape index (κ2) is 7.63. The largest absolute Gasteiger partial charge is 0.337 e. The second-order valence-corrected chi connectivity index (χ2v) is 7.96. The van der Waals surface area contributed by atoms with Crippen molar-refractivity contribution in [1.82, 2.24) is 14.7 Å². The average Bonchev–Trinajstić information content (AvgIpc) is 3.09. The summed E-state index contributed by atoms with van der Waals surface area (Å²) in [5, 5.41) is 4.32. The lowest BCUT2D eigenvalue weighted by Crippen LogP contribution is -2.27. The third kappa shape index (κ3) is 4.73. The van der Waals surface area contributed by atoms with Gasteiger partial charge >= 0.3 is 0 Å². The predicted octanol–water partition coefficient (Wildman–Crippen LogP) is 2.52. The lowest BCUT2D eigenvalue weighted by atomic mass is 10.1. The van der Waals surface area contributed by atoms with E-state index in [-0.39, 0.29) is 11.6 Å². The van der Waals surface area contributed by atoms with Crippen molar-refractivity contribution in [1.29, 1.82) is 0 Å². The molecule has 0 saturated heterocycles. The van der Waals surface area contributed by atoms with Crippen LogP contribution in [0.5, 0.6) is 0 Å². The molecule has 0 saturated carbocycles. The first-order valence-corrected chi connectivity index (χ1v) is 10.1. The number of carbonyl (C=O) groups excluding carboxylic acids is 1. The van der Waals surface area contributed by atoms with Crippen LogP contribution in [-0.2, 0) is 16.6 Å². The molecule has 0 aliphatic heterocycles. The summed E-state index contributed by atoms with van der Waals surface area (Å²) in [7, 11) is -1.81. The van der Waals surface area contributed by atoms with E-state index in [0.29, 0.717) is 12.1 Å². The third-order valence-electron chi connectivity index (χ3n) is 3.88. The summed E-state index contributed by atoms with van der Waals surface area (Å²) in [5.74, 6) is -0.283. The molecule has 27 heavy (non-hydrogen) atoms. The number of hydrogen-bond donors (Lipinski definition) is 1. The highest BCUT2D eigenvalue weighted by Gasteiger charge is 2.18. The fourth-order valence-corrected chi connectivity index (χ4v) is 3.25. The van der Waals surface area contributed by atoms with Gasteiger partial charge in [0.15, 0.2) is 0 Å². The van der Waals surface area contributed by atoms with Gasteiger partial charge in [-0.25, -0.2) is 13.1 Å². The average molecular weight is 384 g/mol. The number of sulfonamides is 1.